The van der Waals surface area contributed by atoms with Crippen LogP contribution in [-0.2, 0) is 9.59 Å². The molecule has 8 heteroatoms. The van der Waals surface area contributed by atoms with Gasteiger partial charge in [-0.15, -0.1) is 0 Å². The van der Waals surface area contributed by atoms with E-state index in [4.69, 9.17) is 11.6 Å². The molecule has 1 aromatic carbocycles. The molecule has 2 heterocycles. The molecule has 148 valence electrons. The van der Waals surface area contributed by atoms with Crippen LogP contribution in [0.25, 0.3) is 5.76 Å². The molecular weight excluding hydrogens is 380 g/mol. The zero-order valence-corrected chi connectivity index (χ0v) is 17.0. The van der Waals surface area contributed by atoms with Gasteiger partial charge in [-0.05, 0) is 45.6 Å². The van der Waals surface area contributed by atoms with Gasteiger partial charge in [0, 0.05) is 23.8 Å². The van der Waals surface area contributed by atoms with E-state index in [1.54, 1.807) is 38.1 Å². The second-order valence-corrected chi connectivity index (χ2v) is 7.59. The molecule has 1 saturated heterocycles. The fraction of sp³-hybridized carbons (Fsp3) is 0.350. The summed E-state index contributed by atoms with van der Waals surface area (Å²) in [6.07, 6.45) is 0. The Bertz CT molecular complexity index is 927. The summed E-state index contributed by atoms with van der Waals surface area (Å²) in [6, 6.07) is 6.26. The number of carbonyl (C=O) groups excluding carboxylic acids is 2. The van der Waals surface area contributed by atoms with Crippen molar-refractivity contribution in [2.45, 2.75) is 19.9 Å². The third-order valence-corrected chi connectivity index (χ3v) is 5.13. The van der Waals surface area contributed by atoms with E-state index in [-0.39, 0.29) is 11.3 Å². The quantitative estimate of drug-likeness (QED) is 0.456. The molecule has 0 unspecified atom stereocenters. The van der Waals surface area contributed by atoms with E-state index < -0.39 is 17.7 Å². The van der Waals surface area contributed by atoms with E-state index in [0.29, 0.717) is 40.6 Å². The third kappa shape index (κ3) is 3.55. The Morgan fingerprint density at radius 1 is 1.25 bits per heavy atom. The number of aliphatic hydroxyl groups excluding tert-OH is 1. The second-order valence-electron chi connectivity index (χ2n) is 7.16. The van der Waals surface area contributed by atoms with Gasteiger partial charge < -0.3 is 14.9 Å². The number of likely N-dealkylation sites (tertiary alicyclic amines) is 1. The summed E-state index contributed by atoms with van der Waals surface area (Å²) >= 11 is 6.01. The highest BCUT2D eigenvalue weighted by Crippen LogP contribution is 2.40. The van der Waals surface area contributed by atoms with Crippen molar-refractivity contribution in [1.82, 2.24) is 20.0 Å². The first kappa shape index (κ1) is 20.1. The van der Waals surface area contributed by atoms with Crippen molar-refractivity contribution in [3.05, 3.63) is 57.4 Å². The second kappa shape index (κ2) is 7.77. The minimum atomic E-state index is -0.698. The molecule has 0 saturated carbocycles. The molecule has 0 aliphatic carbocycles. The number of nitrogens with zero attached hydrogens (tertiary/aromatic N) is 3. The monoisotopic (exact) mass is 402 g/mol. The molecule has 1 fully saturated rings. The molecule has 1 aromatic heterocycles. The van der Waals surface area contributed by atoms with Crippen LogP contribution in [0.1, 0.15) is 28.6 Å². The van der Waals surface area contributed by atoms with Crippen LogP contribution in [-0.4, -0.2) is 64.0 Å². The van der Waals surface area contributed by atoms with Gasteiger partial charge in [0.15, 0.2) is 0 Å². The Morgan fingerprint density at radius 3 is 2.43 bits per heavy atom. The number of Topliss-reactive ketones (excluding diaryl/α,β-unsaturated/α-hetero) is 1. The van der Waals surface area contributed by atoms with Gasteiger partial charge >= 0.3 is 0 Å². The van der Waals surface area contributed by atoms with Gasteiger partial charge in [0.25, 0.3) is 11.7 Å². The Kier molecular flexibility index (Phi) is 5.58. The first-order valence-electron chi connectivity index (χ1n) is 8.93. The molecule has 1 amide bonds. The van der Waals surface area contributed by atoms with E-state index in [9.17, 15) is 14.7 Å². The number of likely N-dealkylation sites (N-methyl/N-ethyl adjacent to an activating group) is 1. The van der Waals surface area contributed by atoms with Crippen molar-refractivity contribution in [2.24, 2.45) is 0 Å². The Balaban J connectivity index is 2.18. The fourth-order valence-corrected chi connectivity index (χ4v) is 3.57. The van der Waals surface area contributed by atoms with Gasteiger partial charge in [0.2, 0.25) is 0 Å². The number of aromatic nitrogens is 2. The minimum absolute atomic E-state index is 0.0682. The van der Waals surface area contributed by atoms with Gasteiger partial charge in [-0.1, -0.05) is 23.7 Å². The van der Waals surface area contributed by atoms with Crippen LogP contribution in [0.15, 0.2) is 29.8 Å². The van der Waals surface area contributed by atoms with E-state index >= 15 is 0 Å². The molecule has 7 nitrogen and oxygen atoms in total. The molecule has 28 heavy (non-hydrogen) atoms. The first-order chi connectivity index (χ1) is 13.2. The zero-order chi connectivity index (χ0) is 20.6. The van der Waals surface area contributed by atoms with Crippen LogP contribution in [0.3, 0.4) is 0 Å². The minimum Gasteiger partial charge on any atom is -0.507 e. The van der Waals surface area contributed by atoms with Crippen molar-refractivity contribution in [2.75, 3.05) is 27.2 Å². The van der Waals surface area contributed by atoms with E-state index in [2.05, 4.69) is 10.2 Å². The van der Waals surface area contributed by atoms with Crippen molar-refractivity contribution in [3.63, 3.8) is 0 Å². The number of amides is 1. The summed E-state index contributed by atoms with van der Waals surface area (Å²) in [4.78, 5) is 29.1. The number of ketones is 1. The lowest BCUT2D eigenvalue weighted by Crippen LogP contribution is -2.35. The van der Waals surface area contributed by atoms with Gasteiger partial charge in [0.05, 0.1) is 22.9 Å². The van der Waals surface area contributed by atoms with Gasteiger partial charge in [0.1, 0.15) is 5.76 Å². The molecule has 0 radical (unpaired) electrons. The number of hydrogen-bond acceptors (Lipinski definition) is 5. The fourth-order valence-electron chi connectivity index (χ4n) is 3.44. The molecule has 2 aromatic rings. The van der Waals surface area contributed by atoms with Gasteiger partial charge in [-0.2, -0.15) is 5.10 Å². The molecule has 3 rings (SSSR count). The maximum Gasteiger partial charge on any atom is 0.295 e. The molecule has 2 N–H and O–H groups in total. The van der Waals surface area contributed by atoms with E-state index in [1.807, 2.05) is 19.0 Å². The maximum atomic E-state index is 12.9. The summed E-state index contributed by atoms with van der Waals surface area (Å²) < 4.78 is 0. The van der Waals surface area contributed by atoms with Crippen molar-refractivity contribution in [1.29, 1.82) is 0 Å². The van der Waals surface area contributed by atoms with Gasteiger partial charge in [-0.25, -0.2) is 0 Å². The standard InChI is InChI=1S/C20H23ClN4O3/c1-11-15(12(2)23-22-11)18(26)16-17(13-5-7-14(21)8-6-13)25(10-9-24(3)4)20(28)19(16)27/h5-8,17,26H,9-10H2,1-4H3,(H,22,23)/t17-/m0/s1. The van der Waals surface area contributed by atoms with Gasteiger partial charge in [-0.3, -0.25) is 14.7 Å². The maximum absolute atomic E-state index is 12.9. The molecule has 1 aliphatic heterocycles. The predicted octanol–water partition coefficient (Wildman–Crippen LogP) is 2.66. The number of aryl methyl sites for hydroxylation is 2. The largest absolute Gasteiger partial charge is 0.507 e. The Hall–Kier alpha value is -2.64. The number of H-pyrrole nitrogens is 1. The van der Waals surface area contributed by atoms with Crippen LogP contribution < -0.4 is 0 Å². The predicted molar refractivity (Wildman–Crippen MR) is 107 cm³/mol. The van der Waals surface area contributed by atoms with E-state index in [1.165, 1.54) is 4.90 Å². The smallest absolute Gasteiger partial charge is 0.295 e. The molecule has 0 bridgehead atoms. The highest BCUT2D eigenvalue weighted by atomic mass is 35.5. The summed E-state index contributed by atoms with van der Waals surface area (Å²) in [5.74, 6) is -1.53. The Morgan fingerprint density at radius 2 is 1.89 bits per heavy atom. The number of rotatable bonds is 5. The average Bonchev–Trinajstić information content (AvgIpc) is 3.10. The lowest BCUT2D eigenvalue weighted by molar-refractivity contribution is -0.140. The molecular formula is C20H23ClN4O3. The number of hydrogen-bond donors (Lipinski definition) is 2. The first-order valence-corrected chi connectivity index (χ1v) is 9.30. The normalized spacial score (nSPS) is 19.1. The van der Waals surface area contributed by atoms with Crippen LogP contribution in [0.2, 0.25) is 5.02 Å². The number of halogens is 1. The number of carbonyl (C=O) groups is 2. The number of aromatic amines is 1. The molecule has 1 aliphatic rings. The summed E-state index contributed by atoms with van der Waals surface area (Å²) in [7, 11) is 3.79. The van der Waals surface area contributed by atoms with Crippen molar-refractivity contribution >= 4 is 29.1 Å². The van der Waals surface area contributed by atoms with Crippen LogP contribution in [0, 0.1) is 13.8 Å². The number of aliphatic hydroxyl groups is 1. The number of benzene rings is 1. The highest BCUT2D eigenvalue weighted by Gasteiger charge is 2.46. The SMILES string of the molecule is Cc1n[nH]c(C)c1C(O)=C1C(=O)C(=O)N(CCN(C)C)[C@H]1c1ccc(Cl)cc1. The zero-order valence-electron chi connectivity index (χ0n) is 16.3. The summed E-state index contributed by atoms with van der Waals surface area (Å²) in [6.45, 7) is 4.43. The van der Waals surface area contributed by atoms with Crippen molar-refractivity contribution < 1.29 is 14.7 Å². The molecule has 1 atom stereocenters. The van der Waals surface area contributed by atoms with Crippen LogP contribution in [0.5, 0.6) is 0 Å². The van der Waals surface area contributed by atoms with Crippen molar-refractivity contribution in [3.8, 4) is 0 Å². The Labute approximate surface area is 168 Å². The van der Waals surface area contributed by atoms with E-state index in [0.717, 1.165) is 0 Å². The third-order valence-electron chi connectivity index (χ3n) is 4.88. The highest BCUT2D eigenvalue weighted by molar-refractivity contribution is 6.46. The van der Waals surface area contributed by atoms with Crippen LogP contribution >= 0.6 is 11.6 Å². The topological polar surface area (TPSA) is 89.5 Å². The summed E-state index contributed by atoms with van der Waals surface area (Å²) in [5, 5.41) is 18.5. The average molecular weight is 403 g/mol. The number of nitrogens with one attached hydrogen (secondary N) is 1. The lowest BCUT2D eigenvalue weighted by atomic mass is 9.95. The molecule has 0 spiro atoms. The lowest BCUT2D eigenvalue weighted by Gasteiger charge is -2.26. The van der Waals surface area contributed by atoms with Crippen LogP contribution in [0.4, 0.5) is 0 Å². The summed E-state index contributed by atoms with van der Waals surface area (Å²) in [5.41, 5.74) is 2.42.